The zero-order valence-electron chi connectivity index (χ0n) is 9.48. The second-order valence-electron chi connectivity index (χ2n) is 3.12. The number of hydrogen-bond acceptors (Lipinski definition) is 4. The van der Waals surface area contributed by atoms with Crippen LogP contribution >= 0.6 is 11.8 Å². The summed E-state index contributed by atoms with van der Waals surface area (Å²) >= 11 is 1.34. The van der Waals surface area contributed by atoms with Crippen molar-refractivity contribution in [2.24, 2.45) is 4.99 Å². The van der Waals surface area contributed by atoms with Gasteiger partial charge in [-0.05, 0) is 19.3 Å². The third kappa shape index (κ3) is 3.07. The molecule has 0 bridgehead atoms. The molecule has 1 aliphatic heterocycles. The highest BCUT2D eigenvalue weighted by atomic mass is 32.2. The highest BCUT2D eigenvalue weighted by Crippen LogP contribution is 2.16. The van der Waals surface area contributed by atoms with E-state index >= 15 is 0 Å². The van der Waals surface area contributed by atoms with Crippen molar-refractivity contribution in [2.75, 3.05) is 6.26 Å². The van der Waals surface area contributed by atoms with Crippen LogP contribution in [0.15, 0.2) is 39.9 Å². The number of carbonyl (C=O) groups excluding carboxylic acids is 1. The Balaban J connectivity index is 3.17. The molecule has 0 saturated heterocycles. The van der Waals surface area contributed by atoms with E-state index in [0.29, 0.717) is 16.4 Å². The van der Waals surface area contributed by atoms with E-state index in [1.54, 1.807) is 13.0 Å². The van der Waals surface area contributed by atoms with Gasteiger partial charge in [-0.2, -0.15) is 0 Å². The van der Waals surface area contributed by atoms with E-state index in [0.717, 1.165) is 0 Å². The molecule has 1 amide bonds. The fourth-order valence-electron chi connectivity index (χ4n) is 1.18. The summed E-state index contributed by atoms with van der Waals surface area (Å²) in [6, 6.07) is 0. The topological polar surface area (TPSA) is 78.8 Å². The minimum Gasteiger partial charge on any atom is -0.477 e. The Kier molecular flexibility index (Phi) is 4.28. The van der Waals surface area contributed by atoms with Gasteiger partial charge in [0.2, 0.25) is 0 Å². The summed E-state index contributed by atoms with van der Waals surface area (Å²) in [5.41, 5.74) is 0.254. The first-order chi connectivity index (χ1) is 7.99. The fraction of sp³-hybridized carbons (Fsp3) is 0.182. The van der Waals surface area contributed by atoms with Gasteiger partial charge >= 0.3 is 5.97 Å². The number of thioether (sulfide) groups is 1. The number of carboxylic acids is 1. The standard InChI is InChI=1S/C11H12N2O3S/c1-4-7-5-8(11(15)16)10(14)13-9(7)12-6(2)17-3/h4-5H,2H2,1,3H3,(H,15,16)(H,12,13,14)/b7-4-. The van der Waals surface area contributed by atoms with Crippen molar-refractivity contribution in [2.45, 2.75) is 6.92 Å². The van der Waals surface area contributed by atoms with E-state index in [2.05, 4.69) is 16.9 Å². The Morgan fingerprint density at radius 1 is 1.65 bits per heavy atom. The quantitative estimate of drug-likeness (QED) is 0.742. The van der Waals surface area contributed by atoms with Gasteiger partial charge in [-0.15, -0.1) is 11.8 Å². The molecule has 0 aromatic heterocycles. The molecular weight excluding hydrogens is 240 g/mol. The van der Waals surface area contributed by atoms with Gasteiger partial charge in [-0.1, -0.05) is 12.7 Å². The summed E-state index contributed by atoms with van der Waals surface area (Å²) in [4.78, 5) is 26.4. The van der Waals surface area contributed by atoms with E-state index in [9.17, 15) is 9.59 Å². The second kappa shape index (κ2) is 5.49. The lowest BCUT2D eigenvalue weighted by molar-refractivity contribution is -0.134. The molecule has 90 valence electrons. The van der Waals surface area contributed by atoms with E-state index in [1.165, 1.54) is 17.8 Å². The van der Waals surface area contributed by atoms with E-state index in [-0.39, 0.29) is 5.57 Å². The van der Waals surface area contributed by atoms with Crippen LogP contribution in [0.5, 0.6) is 0 Å². The second-order valence-corrected chi connectivity index (χ2v) is 4.00. The first-order valence-corrected chi connectivity index (χ1v) is 5.96. The maximum atomic E-state index is 11.5. The van der Waals surface area contributed by atoms with Crippen molar-refractivity contribution < 1.29 is 14.7 Å². The highest BCUT2D eigenvalue weighted by Gasteiger charge is 2.25. The molecule has 0 atom stereocenters. The number of carboxylic acid groups (broad SMARTS) is 1. The summed E-state index contributed by atoms with van der Waals surface area (Å²) in [6.45, 7) is 5.41. The van der Waals surface area contributed by atoms with Gasteiger partial charge in [0.1, 0.15) is 11.4 Å². The normalized spacial score (nSPS) is 20.1. The Hall–Kier alpha value is -1.82. The predicted molar refractivity (Wildman–Crippen MR) is 67.7 cm³/mol. The molecule has 2 N–H and O–H groups in total. The van der Waals surface area contributed by atoms with Crippen LogP contribution < -0.4 is 5.32 Å². The fourth-order valence-corrected chi connectivity index (χ4v) is 1.36. The third-order valence-electron chi connectivity index (χ3n) is 2.06. The number of nitrogens with one attached hydrogen (secondary N) is 1. The van der Waals surface area contributed by atoms with Crippen molar-refractivity contribution in [1.29, 1.82) is 0 Å². The van der Waals surface area contributed by atoms with Crippen molar-refractivity contribution in [3.8, 4) is 0 Å². The number of aliphatic carboxylic acids is 1. The van der Waals surface area contributed by atoms with Crippen LogP contribution in [0.2, 0.25) is 0 Å². The SMILES string of the molecule is C=C(/N=C1/NC(=O)C(C(=O)O)=C/C1=C/C)SC. The summed E-state index contributed by atoms with van der Waals surface area (Å²) in [5, 5.41) is 11.8. The molecular formula is C11H12N2O3S. The molecule has 1 rings (SSSR count). The van der Waals surface area contributed by atoms with Crippen molar-refractivity contribution in [3.05, 3.63) is 34.9 Å². The number of amidine groups is 1. The predicted octanol–water partition coefficient (Wildman–Crippen LogP) is 1.31. The van der Waals surface area contributed by atoms with Crippen molar-refractivity contribution >= 4 is 29.5 Å². The average molecular weight is 252 g/mol. The van der Waals surface area contributed by atoms with Gasteiger partial charge in [0.25, 0.3) is 5.91 Å². The third-order valence-corrected chi connectivity index (χ3v) is 2.63. The molecule has 0 aliphatic carbocycles. The van der Waals surface area contributed by atoms with Crippen LogP contribution in [-0.2, 0) is 9.59 Å². The molecule has 0 radical (unpaired) electrons. The number of hydrogen-bond donors (Lipinski definition) is 2. The zero-order valence-corrected chi connectivity index (χ0v) is 10.3. The summed E-state index contributed by atoms with van der Waals surface area (Å²) in [5.74, 6) is -1.61. The van der Waals surface area contributed by atoms with Crippen molar-refractivity contribution in [3.63, 3.8) is 0 Å². The lowest BCUT2D eigenvalue weighted by Crippen LogP contribution is -2.38. The first-order valence-electron chi connectivity index (χ1n) is 4.74. The number of nitrogens with zero attached hydrogens (tertiary/aromatic N) is 1. The molecule has 0 unspecified atom stereocenters. The monoisotopic (exact) mass is 252 g/mol. The molecule has 0 aromatic carbocycles. The Labute approximate surface area is 103 Å². The number of carbonyl (C=O) groups is 2. The number of aliphatic imine (C=N–C) groups is 1. The molecule has 17 heavy (non-hydrogen) atoms. The molecule has 5 nitrogen and oxygen atoms in total. The molecule has 1 heterocycles. The van der Waals surface area contributed by atoms with Crippen LogP contribution in [0.25, 0.3) is 0 Å². The van der Waals surface area contributed by atoms with Gasteiger partial charge < -0.3 is 10.4 Å². The van der Waals surface area contributed by atoms with E-state index < -0.39 is 11.9 Å². The zero-order chi connectivity index (χ0) is 13.0. The Bertz CT molecular complexity index is 475. The molecule has 0 saturated carbocycles. The van der Waals surface area contributed by atoms with Gasteiger partial charge in [-0.25, -0.2) is 9.79 Å². The minimum absolute atomic E-state index is 0.299. The Morgan fingerprint density at radius 3 is 2.76 bits per heavy atom. The van der Waals surface area contributed by atoms with Gasteiger partial charge in [-0.3, -0.25) is 4.79 Å². The minimum atomic E-state index is -1.26. The molecule has 6 heteroatoms. The molecule has 0 aromatic rings. The van der Waals surface area contributed by atoms with Crippen LogP contribution in [-0.4, -0.2) is 29.1 Å². The highest BCUT2D eigenvalue weighted by molar-refractivity contribution is 8.02. The first kappa shape index (κ1) is 13.2. The van der Waals surface area contributed by atoms with Gasteiger partial charge in [0, 0.05) is 5.57 Å². The summed E-state index contributed by atoms with van der Waals surface area (Å²) in [6.07, 6.45) is 4.79. The molecule has 0 fully saturated rings. The lowest BCUT2D eigenvalue weighted by atomic mass is 10.1. The van der Waals surface area contributed by atoms with Crippen LogP contribution in [0, 0.1) is 0 Å². The van der Waals surface area contributed by atoms with Crippen LogP contribution in [0.3, 0.4) is 0 Å². The van der Waals surface area contributed by atoms with Crippen LogP contribution in [0.4, 0.5) is 0 Å². The number of rotatable bonds is 3. The lowest BCUT2D eigenvalue weighted by Gasteiger charge is -2.16. The van der Waals surface area contributed by atoms with Gasteiger partial charge in [0.15, 0.2) is 0 Å². The van der Waals surface area contributed by atoms with Crippen LogP contribution in [0.1, 0.15) is 6.92 Å². The maximum Gasteiger partial charge on any atom is 0.341 e. The smallest absolute Gasteiger partial charge is 0.341 e. The largest absolute Gasteiger partial charge is 0.477 e. The van der Waals surface area contributed by atoms with Crippen molar-refractivity contribution in [1.82, 2.24) is 5.32 Å². The molecule has 0 spiro atoms. The van der Waals surface area contributed by atoms with Gasteiger partial charge in [0.05, 0.1) is 5.03 Å². The summed E-state index contributed by atoms with van der Waals surface area (Å²) < 4.78 is 0. The number of allylic oxidation sites excluding steroid dienone is 1. The summed E-state index contributed by atoms with van der Waals surface area (Å²) in [7, 11) is 0. The molecule has 1 aliphatic rings. The van der Waals surface area contributed by atoms with E-state index in [4.69, 9.17) is 5.11 Å². The van der Waals surface area contributed by atoms with E-state index in [1.807, 2.05) is 6.26 Å². The maximum absolute atomic E-state index is 11.5. The average Bonchev–Trinajstić information content (AvgIpc) is 2.28. The number of amides is 1. The Morgan fingerprint density at radius 2 is 2.29 bits per heavy atom.